The third kappa shape index (κ3) is 3.05. The molecule has 0 aliphatic rings. The number of rotatable bonds is 3. The molecule has 3 aromatic rings. The van der Waals surface area contributed by atoms with Crippen molar-refractivity contribution in [1.82, 2.24) is 0 Å². The molecule has 0 aliphatic carbocycles. The first-order valence-electron chi connectivity index (χ1n) is 7.32. The molecule has 0 atom stereocenters. The predicted octanol–water partition coefficient (Wildman–Crippen LogP) is 3.49. The van der Waals surface area contributed by atoms with Crippen LogP contribution in [0.1, 0.15) is 16.7 Å². The van der Waals surface area contributed by atoms with Gasteiger partial charge in [0.2, 0.25) is 0 Å². The highest BCUT2D eigenvalue weighted by Gasteiger charge is 2.18. The molecule has 0 N–H and O–H groups in total. The Kier molecular flexibility index (Phi) is 3.93. The molecule has 1 heterocycles. The van der Waals surface area contributed by atoms with Crippen molar-refractivity contribution in [2.75, 3.05) is 0 Å². The first-order valence-corrected chi connectivity index (χ1v) is 8.73. The van der Waals surface area contributed by atoms with E-state index in [4.69, 9.17) is 8.60 Å². The number of hydrogen-bond acceptors (Lipinski definition) is 5. The van der Waals surface area contributed by atoms with Crippen LogP contribution in [-0.2, 0) is 10.1 Å². The molecule has 24 heavy (non-hydrogen) atoms. The minimum atomic E-state index is -3.96. The van der Waals surface area contributed by atoms with Crippen molar-refractivity contribution in [3.8, 4) is 5.75 Å². The fourth-order valence-corrected chi connectivity index (χ4v) is 3.41. The van der Waals surface area contributed by atoms with E-state index in [1.807, 2.05) is 13.8 Å². The van der Waals surface area contributed by atoms with Gasteiger partial charge in [-0.3, -0.25) is 0 Å². The summed E-state index contributed by atoms with van der Waals surface area (Å²) in [6.45, 7) is 5.52. The van der Waals surface area contributed by atoms with Crippen molar-refractivity contribution in [2.24, 2.45) is 0 Å². The second-order valence-corrected chi connectivity index (χ2v) is 7.24. The van der Waals surface area contributed by atoms with Crippen LogP contribution in [0.25, 0.3) is 11.0 Å². The Bertz CT molecular complexity index is 1090. The molecular weight excluding hydrogens is 328 g/mol. The molecule has 1 aromatic heterocycles. The molecular formula is C18H16O5S. The Morgan fingerprint density at radius 1 is 0.875 bits per heavy atom. The smallest absolute Gasteiger partial charge is 0.339 e. The van der Waals surface area contributed by atoms with Crippen molar-refractivity contribution >= 4 is 21.1 Å². The summed E-state index contributed by atoms with van der Waals surface area (Å²) in [6.07, 6.45) is 0. The maximum absolute atomic E-state index is 12.4. The van der Waals surface area contributed by atoms with E-state index in [2.05, 4.69) is 0 Å². The second-order valence-electron chi connectivity index (χ2n) is 5.69. The summed E-state index contributed by atoms with van der Waals surface area (Å²) in [7, 11) is -3.96. The molecule has 124 valence electrons. The Balaban J connectivity index is 2.02. The summed E-state index contributed by atoms with van der Waals surface area (Å²) in [4.78, 5) is 11.5. The van der Waals surface area contributed by atoms with Crippen LogP contribution in [0.3, 0.4) is 0 Å². The zero-order valence-corrected chi connectivity index (χ0v) is 14.3. The molecule has 6 heteroatoms. The number of benzene rings is 2. The Morgan fingerprint density at radius 3 is 2.33 bits per heavy atom. The third-order valence-corrected chi connectivity index (χ3v) is 5.14. The number of fused-ring (bicyclic) bond motifs is 1. The maximum Gasteiger partial charge on any atom is 0.339 e. The minimum Gasteiger partial charge on any atom is -0.423 e. The van der Waals surface area contributed by atoms with Gasteiger partial charge in [-0.1, -0.05) is 6.07 Å². The van der Waals surface area contributed by atoms with Crippen molar-refractivity contribution in [3.63, 3.8) is 0 Å². The zero-order valence-electron chi connectivity index (χ0n) is 13.5. The Labute approximate surface area is 139 Å². The van der Waals surface area contributed by atoms with Crippen LogP contribution in [0.5, 0.6) is 5.75 Å². The first kappa shape index (κ1) is 16.3. The van der Waals surface area contributed by atoms with Crippen LogP contribution in [-0.4, -0.2) is 8.42 Å². The van der Waals surface area contributed by atoms with Gasteiger partial charge in [0, 0.05) is 17.5 Å². The van der Waals surface area contributed by atoms with Gasteiger partial charge in [0.15, 0.2) is 0 Å². The van der Waals surface area contributed by atoms with E-state index in [9.17, 15) is 13.2 Å². The molecule has 5 nitrogen and oxygen atoms in total. The summed E-state index contributed by atoms with van der Waals surface area (Å²) < 4.78 is 35.1. The van der Waals surface area contributed by atoms with E-state index in [-0.39, 0.29) is 16.2 Å². The lowest BCUT2D eigenvalue weighted by atomic mass is 10.1. The van der Waals surface area contributed by atoms with Gasteiger partial charge in [0.05, 0.1) is 0 Å². The average Bonchev–Trinajstić information content (AvgIpc) is 2.49. The van der Waals surface area contributed by atoms with Gasteiger partial charge >= 0.3 is 15.7 Å². The van der Waals surface area contributed by atoms with Gasteiger partial charge in [-0.25, -0.2) is 4.79 Å². The third-order valence-electron chi connectivity index (χ3n) is 3.90. The lowest BCUT2D eigenvalue weighted by Crippen LogP contribution is -2.10. The van der Waals surface area contributed by atoms with Gasteiger partial charge < -0.3 is 8.60 Å². The summed E-state index contributed by atoms with van der Waals surface area (Å²) >= 11 is 0. The van der Waals surface area contributed by atoms with E-state index in [1.165, 1.54) is 24.3 Å². The maximum atomic E-state index is 12.4. The Morgan fingerprint density at radius 2 is 1.62 bits per heavy atom. The molecule has 0 aliphatic heterocycles. The van der Waals surface area contributed by atoms with E-state index in [1.54, 1.807) is 25.1 Å². The van der Waals surface area contributed by atoms with Crippen LogP contribution >= 0.6 is 0 Å². The number of aryl methyl sites for hydroxylation is 3. The molecule has 0 saturated heterocycles. The monoisotopic (exact) mass is 344 g/mol. The van der Waals surface area contributed by atoms with E-state index in [0.29, 0.717) is 0 Å². The highest BCUT2D eigenvalue weighted by Crippen LogP contribution is 2.25. The lowest BCUT2D eigenvalue weighted by molar-refractivity contribution is 0.485. The van der Waals surface area contributed by atoms with Crippen LogP contribution < -0.4 is 9.81 Å². The average molecular weight is 344 g/mol. The van der Waals surface area contributed by atoms with Gasteiger partial charge in [0.1, 0.15) is 16.2 Å². The van der Waals surface area contributed by atoms with Crippen molar-refractivity contribution in [1.29, 1.82) is 0 Å². The molecule has 2 aromatic carbocycles. The molecule has 0 saturated carbocycles. The van der Waals surface area contributed by atoms with E-state index in [0.717, 1.165) is 22.1 Å². The Hall–Kier alpha value is -2.60. The largest absolute Gasteiger partial charge is 0.423 e. The van der Waals surface area contributed by atoms with Crippen LogP contribution in [0.15, 0.2) is 56.6 Å². The van der Waals surface area contributed by atoms with Crippen molar-refractivity contribution < 1.29 is 17.0 Å². The highest BCUT2D eigenvalue weighted by atomic mass is 32.2. The fourth-order valence-electron chi connectivity index (χ4n) is 2.40. The normalized spacial score (nSPS) is 11.6. The lowest BCUT2D eigenvalue weighted by Gasteiger charge is -2.09. The molecule has 0 amide bonds. The molecule has 0 fully saturated rings. The SMILES string of the molecule is Cc1ccc(S(=O)(=O)Oc2ccc3c(C)cc(=O)oc3c2)cc1C. The molecule has 0 spiro atoms. The molecule has 0 radical (unpaired) electrons. The zero-order chi connectivity index (χ0) is 17.5. The van der Waals surface area contributed by atoms with Crippen molar-refractivity contribution in [2.45, 2.75) is 25.7 Å². The summed E-state index contributed by atoms with van der Waals surface area (Å²) in [6, 6.07) is 10.8. The highest BCUT2D eigenvalue weighted by molar-refractivity contribution is 7.87. The molecule has 0 bridgehead atoms. The van der Waals surface area contributed by atoms with Crippen LogP contribution in [0, 0.1) is 20.8 Å². The van der Waals surface area contributed by atoms with Gasteiger partial charge in [-0.2, -0.15) is 8.42 Å². The predicted molar refractivity (Wildman–Crippen MR) is 91.0 cm³/mol. The molecule has 0 unspecified atom stereocenters. The van der Waals surface area contributed by atoms with Gasteiger partial charge in [-0.15, -0.1) is 0 Å². The minimum absolute atomic E-state index is 0.0800. The van der Waals surface area contributed by atoms with Crippen LogP contribution in [0.2, 0.25) is 0 Å². The van der Waals surface area contributed by atoms with Crippen LogP contribution in [0.4, 0.5) is 0 Å². The fraction of sp³-hybridized carbons (Fsp3) is 0.167. The summed E-state index contributed by atoms with van der Waals surface area (Å²) in [5, 5.41) is 0.727. The summed E-state index contributed by atoms with van der Waals surface area (Å²) in [5.74, 6) is 0.0921. The van der Waals surface area contributed by atoms with E-state index >= 15 is 0 Å². The first-order chi connectivity index (χ1) is 11.3. The van der Waals surface area contributed by atoms with E-state index < -0.39 is 15.7 Å². The topological polar surface area (TPSA) is 73.6 Å². The number of hydrogen-bond donors (Lipinski definition) is 0. The summed E-state index contributed by atoms with van der Waals surface area (Å²) in [5.41, 5.74) is 2.41. The van der Waals surface area contributed by atoms with Gasteiger partial charge in [0.25, 0.3) is 0 Å². The second kappa shape index (κ2) is 5.79. The van der Waals surface area contributed by atoms with Crippen molar-refractivity contribution in [3.05, 3.63) is 69.6 Å². The quantitative estimate of drug-likeness (QED) is 0.537. The standard InChI is InChI=1S/C18H16O5S/c1-11-4-6-15(8-12(11)2)24(20,21)23-14-5-7-16-13(3)9-18(19)22-17(16)10-14/h4-10H,1-3H3. The van der Waals surface area contributed by atoms with Gasteiger partial charge in [-0.05, 0) is 61.7 Å². The molecule has 3 rings (SSSR count).